The second kappa shape index (κ2) is 5.77. The first kappa shape index (κ1) is 14.9. The van der Waals surface area contributed by atoms with Crippen LogP contribution in [0.15, 0.2) is 47.3 Å². The van der Waals surface area contributed by atoms with Crippen LogP contribution < -0.4 is 15.6 Å². The summed E-state index contributed by atoms with van der Waals surface area (Å²) in [5.74, 6) is 0.689. The van der Waals surface area contributed by atoms with Gasteiger partial charge in [0.05, 0.1) is 23.7 Å². The van der Waals surface area contributed by atoms with E-state index in [1.54, 1.807) is 25.3 Å². The Morgan fingerprint density at radius 2 is 2.08 bits per heavy atom. The number of nitrogens with one attached hydrogen (secondary N) is 1. The first-order chi connectivity index (χ1) is 11.7. The molecule has 0 aliphatic heterocycles. The molecule has 8 heteroatoms. The third-order valence-corrected chi connectivity index (χ3v) is 4.57. The van der Waals surface area contributed by atoms with Crippen molar-refractivity contribution in [2.75, 3.05) is 12.4 Å². The predicted molar refractivity (Wildman–Crippen MR) is 95.9 cm³/mol. The van der Waals surface area contributed by atoms with Crippen LogP contribution in [0, 0.1) is 0 Å². The molecule has 24 heavy (non-hydrogen) atoms. The highest BCUT2D eigenvalue weighted by Crippen LogP contribution is 2.29. The van der Waals surface area contributed by atoms with Crippen molar-refractivity contribution in [3.8, 4) is 5.75 Å². The number of methoxy groups -OCH3 is 1. The molecule has 4 rings (SSSR count). The van der Waals surface area contributed by atoms with Crippen LogP contribution >= 0.6 is 22.9 Å². The van der Waals surface area contributed by atoms with Crippen molar-refractivity contribution >= 4 is 49.6 Å². The van der Waals surface area contributed by atoms with Crippen LogP contribution in [0.5, 0.6) is 5.75 Å². The normalized spacial score (nSPS) is 11.1. The van der Waals surface area contributed by atoms with E-state index in [0.717, 1.165) is 5.69 Å². The van der Waals surface area contributed by atoms with Crippen LogP contribution in [0.25, 0.3) is 15.9 Å². The van der Waals surface area contributed by atoms with Gasteiger partial charge in [-0.1, -0.05) is 35.1 Å². The Morgan fingerprint density at radius 1 is 1.25 bits per heavy atom. The summed E-state index contributed by atoms with van der Waals surface area (Å²) >= 11 is 7.26. The monoisotopic (exact) mass is 358 g/mol. The summed E-state index contributed by atoms with van der Waals surface area (Å²) in [6.07, 6.45) is 0. The molecule has 1 N–H and O–H groups in total. The number of hydrogen-bond acceptors (Lipinski definition) is 6. The fourth-order valence-electron chi connectivity index (χ4n) is 2.40. The summed E-state index contributed by atoms with van der Waals surface area (Å²) in [5.41, 5.74) is 1.09. The lowest BCUT2D eigenvalue weighted by Gasteiger charge is -2.07. The van der Waals surface area contributed by atoms with E-state index in [1.807, 2.05) is 24.3 Å². The fourth-order valence-corrected chi connectivity index (χ4v) is 3.37. The van der Waals surface area contributed by atoms with Crippen molar-refractivity contribution in [3.05, 3.63) is 57.8 Å². The van der Waals surface area contributed by atoms with E-state index in [9.17, 15) is 4.79 Å². The summed E-state index contributed by atoms with van der Waals surface area (Å²) in [6.45, 7) is 0. The molecule has 2 aromatic heterocycles. The number of anilines is 2. The van der Waals surface area contributed by atoms with Crippen LogP contribution in [0.4, 0.5) is 10.8 Å². The number of aromatic nitrogens is 3. The van der Waals surface area contributed by atoms with E-state index < -0.39 is 0 Å². The zero-order valence-electron chi connectivity index (χ0n) is 12.5. The summed E-state index contributed by atoms with van der Waals surface area (Å²) in [6, 6.07) is 12.5. The average molecular weight is 359 g/mol. The van der Waals surface area contributed by atoms with E-state index >= 15 is 0 Å². The molecule has 0 saturated heterocycles. The van der Waals surface area contributed by atoms with Gasteiger partial charge < -0.3 is 10.1 Å². The molecule has 6 nitrogen and oxygen atoms in total. The number of halogens is 1. The molecule has 0 amide bonds. The van der Waals surface area contributed by atoms with Gasteiger partial charge in [-0.25, -0.2) is 4.98 Å². The number of ether oxygens (including phenoxy) is 1. The Labute approximate surface area is 145 Å². The van der Waals surface area contributed by atoms with Crippen LogP contribution in [0.3, 0.4) is 0 Å². The molecule has 0 aliphatic carbocycles. The van der Waals surface area contributed by atoms with Crippen LogP contribution in [-0.2, 0) is 0 Å². The second-order valence-corrected chi connectivity index (χ2v) is 6.40. The van der Waals surface area contributed by atoms with Crippen molar-refractivity contribution in [2.24, 2.45) is 0 Å². The van der Waals surface area contributed by atoms with E-state index in [2.05, 4.69) is 15.4 Å². The number of hydrogen-bond donors (Lipinski definition) is 1. The first-order valence-corrected chi connectivity index (χ1v) is 8.24. The van der Waals surface area contributed by atoms with Gasteiger partial charge in [0.2, 0.25) is 10.1 Å². The number of benzene rings is 2. The molecule has 0 spiro atoms. The van der Waals surface area contributed by atoms with Crippen molar-refractivity contribution in [1.29, 1.82) is 0 Å². The van der Waals surface area contributed by atoms with Crippen LogP contribution in [0.1, 0.15) is 0 Å². The maximum Gasteiger partial charge on any atom is 0.283 e. The highest BCUT2D eigenvalue weighted by Gasteiger charge is 2.12. The summed E-state index contributed by atoms with van der Waals surface area (Å²) in [5, 5.41) is 9.04. The zero-order valence-corrected chi connectivity index (χ0v) is 14.1. The molecule has 0 radical (unpaired) electrons. The second-order valence-electron chi connectivity index (χ2n) is 5.01. The molecule has 120 valence electrons. The molecule has 2 heterocycles. The largest absolute Gasteiger partial charge is 0.495 e. The van der Waals surface area contributed by atoms with Gasteiger partial charge in [0.25, 0.3) is 5.56 Å². The summed E-state index contributed by atoms with van der Waals surface area (Å²) in [7, 11) is 1.60. The Balaban J connectivity index is 1.85. The standard InChI is InChI=1S/C16H11ClN4O2S/c1-23-13-5-3-2-4-11(13)18-15-20-21-14(22)10-7-6-9(17)8-12(10)19-16(21)24-15/h2-8H,1H3,(H,18,20). The maximum atomic E-state index is 12.6. The molecule has 0 fully saturated rings. The van der Waals surface area contributed by atoms with Gasteiger partial charge in [0, 0.05) is 5.02 Å². The number of para-hydroxylation sites is 2. The minimum atomic E-state index is -0.226. The third-order valence-electron chi connectivity index (χ3n) is 3.51. The van der Waals surface area contributed by atoms with Gasteiger partial charge in [-0.3, -0.25) is 4.79 Å². The van der Waals surface area contributed by atoms with Crippen molar-refractivity contribution in [3.63, 3.8) is 0 Å². The number of rotatable bonds is 3. The Morgan fingerprint density at radius 3 is 2.92 bits per heavy atom. The summed E-state index contributed by atoms with van der Waals surface area (Å²) in [4.78, 5) is 17.5. The third kappa shape index (κ3) is 2.47. The van der Waals surface area contributed by atoms with Crippen molar-refractivity contribution in [2.45, 2.75) is 0 Å². The van der Waals surface area contributed by atoms with Gasteiger partial charge in [0.1, 0.15) is 5.75 Å². The highest BCUT2D eigenvalue weighted by atomic mass is 35.5. The van der Waals surface area contributed by atoms with E-state index in [1.165, 1.54) is 15.9 Å². The lowest BCUT2D eigenvalue weighted by molar-refractivity contribution is 0.417. The fraction of sp³-hybridized carbons (Fsp3) is 0.0625. The maximum absolute atomic E-state index is 12.6. The van der Waals surface area contributed by atoms with Crippen LogP contribution in [-0.4, -0.2) is 21.7 Å². The molecular formula is C16H11ClN4O2S. The predicted octanol–water partition coefficient (Wildman–Crippen LogP) is 3.71. The van der Waals surface area contributed by atoms with Gasteiger partial charge >= 0.3 is 0 Å². The minimum absolute atomic E-state index is 0.226. The molecule has 0 atom stereocenters. The highest BCUT2D eigenvalue weighted by molar-refractivity contribution is 7.20. The van der Waals surface area contributed by atoms with Crippen molar-refractivity contribution in [1.82, 2.24) is 14.6 Å². The number of nitrogens with zero attached hydrogens (tertiary/aromatic N) is 3. The first-order valence-electron chi connectivity index (χ1n) is 7.05. The Kier molecular flexibility index (Phi) is 3.59. The molecular weight excluding hydrogens is 348 g/mol. The minimum Gasteiger partial charge on any atom is -0.495 e. The molecule has 0 bridgehead atoms. The lowest BCUT2D eigenvalue weighted by atomic mass is 10.2. The topological polar surface area (TPSA) is 68.5 Å². The molecule has 0 unspecified atom stereocenters. The van der Waals surface area contributed by atoms with Crippen molar-refractivity contribution < 1.29 is 4.74 Å². The molecule has 0 saturated carbocycles. The Bertz CT molecular complexity index is 1120. The molecule has 2 aromatic carbocycles. The smallest absolute Gasteiger partial charge is 0.283 e. The molecule has 4 aromatic rings. The van der Waals surface area contributed by atoms with Gasteiger partial charge in [0.15, 0.2) is 0 Å². The van der Waals surface area contributed by atoms with E-state index in [4.69, 9.17) is 16.3 Å². The van der Waals surface area contributed by atoms with Gasteiger partial charge in [-0.15, -0.1) is 5.10 Å². The van der Waals surface area contributed by atoms with Gasteiger partial charge in [-0.2, -0.15) is 4.52 Å². The van der Waals surface area contributed by atoms with E-state index in [-0.39, 0.29) is 5.56 Å². The van der Waals surface area contributed by atoms with Crippen LogP contribution in [0.2, 0.25) is 5.02 Å². The lowest BCUT2D eigenvalue weighted by Crippen LogP contribution is -2.15. The van der Waals surface area contributed by atoms with Gasteiger partial charge in [-0.05, 0) is 30.3 Å². The molecule has 0 aliphatic rings. The quantitative estimate of drug-likeness (QED) is 0.604. The SMILES string of the molecule is COc1ccccc1Nc1nn2c(=O)c3ccc(Cl)cc3nc2s1. The van der Waals surface area contributed by atoms with E-state index in [0.29, 0.717) is 31.8 Å². The summed E-state index contributed by atoms with van der Waals surface area (Å²) < 4.78 is 6.60. The average Bonchev–Trinajstić information content (AvgIpc) is 2.98. The number of fused-ring (bicyclic) bond motifs is 2. The Hall–Kier alpha value is -2.64. The zero-order chi connectivity index (χ0) is 16.7.